The van der Waals surface area contributed by atoms with E-state index in [1.54, 1.807) is 0 Å². The molecule has 9 aromatic rings. The average Bonchev–Trinajstić information content (AvgIpc) is 3.48. The molecule has 3 heteroatoms. The second-order valence-electron chi connectivity index (χ2n) is 11.2. The van der Waals surface area contributed by atoms with Crippen LogP contribution >= 0.6 is 11.3 Å². The molecule has 7 aromatic carbocycles. The molecule has 0 N–H and O–H groups in total. The topological polar surface area (TPSA) is 16.1 Å². The summed E-state index contributed by atoms with van der Waals surface area (Å²) in [6.07, 6.45) is 3.87. The van der Waals surface area contributed by atoms with Crippen LogP contribution < -0.4 is 4.90 Å². The summed E-state index contributed by atoms with van der Waals surface area (Å²) in [5.74, 6) is 0. The van der Waals surface area contributed by atoms with Gasteiger partial charge in [0.05, 0.1) is 10.4 Å². The molecular weight excluding hydrogens is 553 g/mol. The van der Waals surface area contributed by atoms with Gasteiger partial charge >= 0.3 is 0 Å². The molecule has 0 radical (unpaired) electrons. The maximum atomic E-state index is 4.44. The number of pyridine rings is 1. The SMILES string of the molecule is c1ccc(-c2ccc(N(c3ccc4ccc5c6ccccc6ccc5c4c3)c3cccc4c3sc3ccncc34)cc2)cc1. The number of hydrogen-bond acceptors (Lipinski definition) is 3. The van der Waals surface area contributed by atoms with Crippen LogP contribution in [0.15, 0.2) is 158 Å². The normalized spacial score (nSPS) is 11.6. The van der Waals surface area contributed by atoms with E-state index < -0.39 is 0 Å². The Morgan fingerprint density at radius 2 is 1.14 bits per heavy atom. The van der Waals surface area contributed by atoms with Crippen LogP contribution in [0.1, 0.15) is 0 Å². The van der Waals surface area contributed by atoms with Gasteiger partial charge in [-0.1, -0.05) is 109 Å². The lowest BCUT2D eigenvalue weighted by atomic mass is 9.96. The lowest BCUT2D eigenvalue weighted by Crippen LogP contribution is -2.10. The van der Waals surface area contributed by atoms with Gasteiger partial charge in [-0.25, -0.2) is 0 Å². The highest BCUT2D eigenvalue weighted by Crippen LogP contribution is 2.45. The lowest BCUT2D eigenvalue weighted by molar-refractivity contribution is 1.31. The van der Waals surface area contributed by atoms with E-state index in [-0.39, 0.29) is 0 Å². The van der Waals surface area contributed by atoms with E-state index in [1.165, 1.54) is 69.3 Å². The summed E-state index contributed by atoms with van der Waals surface area (Å²) in [5, 5.41) is 10.0. The maximum absolute atomic E-state index is 4.44. The highest BCUT2D eigenvalue weighted by atomic mass is 32.1. The molecule has 0 saturated carbocycles. The summed E-state index contributed by atoms with van der Waals surface area (Å²) in [7, 11) is 0. The van der Waals surface area contributed by atoms with E-state index in [1.807, 2.05) is 23.7 Å². The van der Waals surface area contributed by atoms with Crippen LogP contribution in [0.4, 0.5) is 17.1 Å². The van der Waals surface area contributed by atoms with E-state index in [4.69, 9.17) is 0 Å². The molecule has 0 aliphatic carbocycles. The molecule has 206 valence electrons. The van der Waals surface area contributed by atoms with Gasteiger partial charge in [0.15, 0.2) is 0 Å². The zero-order valence-corrected chi connectivity index (χ0v) is 24.6. The maximum Gasteiger partial charge on any atom is 0.0640 e. The molecule has 0 atom stereocenters. The van der Waals surface area contributed by atoms with Crippen molar-refractivity contribution in [1.29, 1.82) is 0 Å². The van der Waals surface area contributed by atoms with Crippen molar-refractivity contribution in [2.24, 2.45) is 0 Å². The fourth-order valence-corrected chi connectivity index (χ4v) is 7.78. The zero-order valence-electron chi connectivity index (χ0n) is 23.8. The minimum Gasteiger partial charge on any atom is -0.309 e. The molecule has 44 heavy (non-hydrogen) atoms. The number of hydrogen-bond donors (Lipinski definition) is 0. The monoisotopic (exact) mass is 578 g/mol. The lowest BCUT2D eigenvalue weighted by Gasteiger charge is -2.27. The molecule has 0 amide bonds. The predicted molar refractivity (Wildman–Crippen MR) is 190 cm³/mol. The number of thiophene rings is 1. The number of aromatic nitrogens is 1. The fourth-order valence-electron chi connectivity index (χ4n) is 6.61. The number of anilines is 3. The molecule has 0 saturated heterocycles. The number of fused-ring (bicyclic) bond motifs is 8. The fraction of sp³-hybridized carbons (Fsp3) is 0. The van der Waals surface area contributed by atoms with Crippen molar-refractivity contribution in [2.75, 3.05) is 4.90 Å². The van der Waals surface area contributed by atoms with Crippen molar-refractivity contribution < 1.29 is 0 Å². The van der Waals surface area contributed by atoms with E-state index in [2.05, 4.69) is 155 Å². The van der Waals surface area contributed by atoms with Crippen LogP contribution in [0.3, 0.4) is 0 Å². The first-order valence-electron chi connectivity index (χ1n) is 14.9. The van der Waals surface area contributed by atoms with Crippen molar-refractivity contribution in [1.82, 2.24) is 4.98 Å². The Balaban J connectivity index is 1.29. The smallest absolute Gasteiger partial charge is 0.0640 e. The second-order valence-corrected chi connectivity index (χ2v) is 12.3. The molecule has 0 fully saturated rings. The molecule has 0 aliphatic heterocycles. The van der Waals surface area contributed by atoms with Gasteiger partial charge in [0.1, 0.15) is 0 Å². The first-order chi connectivity index (χ1) is 21.8. The van der Waals surface area contributed by atoms with Crippen molar-refractivity contribution in [3.63, 3.8) is 0 Å². The first-order valence-corrected chi connectivity index (χ1v) is 15.7. The van der Waals surface area contributed by atoms with Gasteiger partial charge in [0.25, 0.3) is 0 Å². The minimum atomic E-state index is 1.12. The third-order valence-corrected chi connectivity index (χ3v) is 9.95. The first kappa shape index (κ1) is 25.0. The van der Waals surface area contributed by atoms with E-state index in [9.17, 15) is 0 Å². The van der Waals surface area contributed by atoms with Crippen molar-refractivity contribution in [3.05, 3.63) is 158 Å². The van der Waals surface area contributed by atoms with E-state index >= 15 is 0 Å². The summed E-state index contributed by atoms with van der Waals surface area (Å²) < 4.78 is 2.50. The molecule has 2 heterocycles. The number of nitrogens with zero attached hydrogens (tertiary/aromatic N) is 2. The van der Waals surface area contributed by atoms with Gasteiger partial charge in [0, 0.05) is 39.2 Å². The quantitative estimate of drug-likeness (QED) is 0.193. The Hall–Kier alpha value is -5.51. The summed E-state index contributed by atoms with van der Waals surface area (Å²) in [4.78, 5) is 6.86. The Labute approximate surface area is 259 Å². The average molecular weight is 579 g/mol. The third kappa shape index (κ3) is 3.98. The van der Waals surface area contributed by atoms with Crippen molar-refractivity contribution in [2.45, 2.75) is 0 Å². The number of rotatable bonds is 4. The molecule has 0 spiro atoms. The summed E-state index contributed by atoms with van der Waals surface area (Å²) >= 11 is 1.83. The van der Waals surface area contributed by atoms with Crippen molar-refractivity contribution >= 4 is 80.9 Å². The Morgan fingerprint density at radius 1 is 0.455 bits per heavy atom. The standard InChI is InChI=1S/C41H26N2S/c1-2-7-27(8-3-1)28-13-18-31(19-14-28)43(39-12-6-11-36-38-26-42-24-23-40(38)44-41(36)39)32-20-15-30-17-21-34-33-10-5-4-9-29(33)16-22-35(34)37(30)25-32/h1-26H. The Kier molecular flexibility index (Phi) is 5.71. The van der Waals surface area contributed by atoms with Crippen LogP contribution in [-0.2, 0) is 0 Å². The minimum absolute atomic E-state index is 1.12. The molecule has 2 aromatic heterocycles. The van der Waals surface area contributed by atoms with E-state index in [0.717, 1.165) is 11.4 Å². The Morgan fingerprint density at radius 3 is 2.00 bits per heavy atom. The number of benzene rings is 7. The van der Waals surface area contributed by atoms with Crippen LogP contribution in [0.2, 0.25) is 0 Å². The van der Waals surface area contributed by atoms with Gasteiger partial charge in [-0.05, 0) is 79.8 Å². The molecular formula is C41H26N2S. The van der Waals surface area contributed by atoms with Crippen LogP contribution in [0.5, 0.6) is 0 Å². The zero-order chi connectivity index (χ0) is 29.0. The highest BCUT2D eigenvalue weighted by Gasteiger charge is 2.19. The molecule has 9 rings (SSSR count). The van der Waals surface area contributed by atoms with Crippen LogP contribution in [-0.4, -0.2) is 4.98 Å². The highest BCUT2D eigenvalue weighted by molar-refractivity contribution is 7.26. The van der Waals surface area contributed by atoms with Gasteiger partial charge in [-0.2, -0.15) is 0 Å². The summed E-state index contributed by atoms with van der Waals surface area (Å²) in [6, 6.07) is 52.9. The molecule has 0 unspecified atom stereocenters. The largest absolute Gasteiger partial charge is 0.309 e. The molecule has 0 bridgehead atoms. The van der Waals surface area contributed by atoms with E-state index in [0.29, 0.717) is 0 Å². The Bertz CT molecular complexity index is 2490. The van der Waals surface area contributed by atoms with Crippen molar-refractivity contribution in [3.8, 4) is 11.1 Å². The molecule has 0 aliphatic rings. The van der Waals surface area contributed by atoms with Gasteiger partial charge < -0.3 is 4.90 Å². The van der Waals surface area contributed by atoms with Crippen LogP contribution in [0, 0.1) is 0 Å². The van der Waals surface area contributed by atoms with Gasteiger partial charge in [-0.15, -0.1) is 11.3 Å². The molecule has 2 nitrogen and oxygen atoms in total. The van der Waals surface area contributed by atoms with Crippen LogP contribution in [0.25, 0.3) is 63.6 Å². The van der Waals surface area contributed by atoms with Gasteiger partial charge in [-0.3, -0.25) is 4.98 Å². The predicted octanol–water partition coefficient (Wildman–Crippen LogP) is 12.0. The summed E-state index contributed by atoms with van der Waals surface area (Å²) in [6.45, 7) is 0. The second kappa shape index (κ2) is 10.0. The third-order valence-electron chi connectivity index (χ3n) is 8.74. The summed E-state index contributed by atoms with van der Waals surface area (Å²) in [5.41, 5.74) is 5.85. The van der Waals surface area contributed by atoms with Gasteiger partial charge in [0.2, 0.25) is 0 Å².